The van der Waals surface area contributed by atoms with Crippen molar-refractivity contribution in [1.29, 1.82) is 0 Å². The maximum atomic E-state index is 13.7. The molecular weight excluding hydrogens is 452 g/mol. The SMILES string of the molecule is Cc1cccn2c(=O)c(/C=C3/SC(=S)N(C4CCCCC4)C3=O)c(N3CCC(C)CC3)nc12. The summed E-state index contributed by atoms with van der Waals surface area (Å²) in [6.07, 6.45) is 11.1. The van der Waals surface area contributed by atoms with Crippen molar-refractivity contribution in [3.05, 3.63) is 44.7 Å². The maximum absolute atomic E-state index is 13.7. The first-order valence-electron chi connectivity index (χ1n) is 12.0. The summed E-state index contributed by atoms with van der Waals surface area (Å²) < 4.78 is 2.20. The van der Waals surface area contributed by atoms with Crippen LogP contribution in [0.4, 0.5) is 5.82 Å². The zero-order chi connectivity index (χ0) is 23.1. The van der Waals surface area contributed by atoms with Crippen LogP contribution in [0.15, 0.2) is 28.0 Å². The molecule has 33 heavy (non-hydrogen) atoms. The molecule has 8 heteroatoms. The molecule has 1 aliphatic carbocycles. The van der Waals surface area contributed by atoms with Gasteiger partial charge in [0, 0.05) is 25.3 Å². The molecule has 1 amide bonds. The van der Waals surface area contributed by atoms with Crippen molar-refractivity contribution in [2.45, 2.75) is 64.8 Å². The molecule has 0 aromatic carbocycles. The summed E-state index contributed by atoms with van der Waals surface area (Å²) in [7, 11) is 0. The third-order valence-corrected chi connectivity index (χ3v) is 8.52. The molecule has 2 aliphatic heterocycles. The van der Waals surface area contributed by atoms with E-state index in [1.165, 1.54) is 18.2 Å². The number of pyridine rings is 1. The lowest BCUT2D eigenvalue weighted by Crippen LogP contribution is -2.39. The van der Waals surface area contributed by atoms with Crippen LogP contribution in [0.3, 0.4) is 0 Å². The van der Waals surface area contributed by atoms with E-state index < -0.39 is 0 Å². The zero-order valence-electron chi connectivity index (χ0n) is 19.2. The summed E-state index contributed by atoms with van der Waals surface area (Å²) in [5, 5.41) is 0. The fourth-order valence-electron chi connectivity index (χ4n) is 5.15. The van der Waals surface area contributed by atoms with E-state index in [4.69, 9.17) is 17.2 Å². The van der Waals surface area contributed by atoms with Crippen molar-refractivity contribution < 1.29 is 4.79 Å². The van der Waals surface area contributed by atoms with Crippen LogP contribution in [-0.4, -0.2) is 43.6 Å². The van der Waals surface area contributed by atoms with Crippen molar-refractivity contribution in [3.8, 4) is 0 Å². The highest BCUT2D eigenvalue weighted by Gasteiger charge is 2.38. The molecule has 0 bridgehead atoms. The summed E-state index contributed by atoms with van der Waals surface area (Å²) in [5.41, 5.74) is 1.97. The van der Waals surface area contributed by atoms with Crippen LogP contribution < -0.4 is 10.5 Å². The molecule has 2 aromatic heterocycles. The van der Waals surface area contributed by atoms with E-state index >= 15 is 0 Å². The smallest absolute Gasteiger partial charge is 0.267 e. The molecular formula is C25H30N4O2S2. The number of rotatable bonds is 3. The molecule has 174 valence electrons. The van der Waals surface area contributed by atoms with Gasteiger partial charge in [-0.2, -0.15) is 0 Å². The monoisotopic (exact) mass is 482 g/mol. The van der Waals surface area contributed by atoms with E-state index in [1.807, 2.05) is 19.1 Å². The Labute approximate surface area is 204 Å². The Morgan fingerprint density at radius 2 is 1.85 bits per heavy atom. The molecule has 3 fully saturated rings. The van der Waals surface area contributed by atoms with Gasteiger partial charge in [0.05, 0.1) is 10.5 Å². The molecule has 6 nitrogen and oxygen atoms in total. The van der Waals surface area contributed by atoms with Crippen molar-refractivity contribution in [2.75, 3.05) is 18.0 Å². The average molecular weight is 483 g/mol. The van der Waals surface area contributed by atoms with E-state index in [-0.39, 0.29) is 17.5 Å². The minimum atomic E-state index is -0.139. The first-order valence-corrected chi connectivity index (χ1v) is 13.2. The predicted octanol–water partition coefficient (Wildman–Crippen LogP) is 4.77. The summed E-state index contributed by atoms with van der Waals surface area (Å²) in [6, 6.07) is 4.01. The number of carbonyl (C=O) groups excluding carboxylic acids is 1. The van der Waals surface area contributed by atoms with Crippen molar-refractivity contribution in [1.82, 2.24) is 14.3 Å². The summed E-state index contributed by atoms with van der Waals surface area (Å²) in [5.74, 6) is 1.28. The number of aryl methyl sites for hydroxylation is 1. The van der Waals surface area contributed by atoms with Gasteiger partial charge in [-0.3, -0.25) is 18.9 Å². The molecule has 0 spiro atoms. The average Bonchev–Trinajstić information content (AvgIpc) is 3.10. The number of carbonyl (C=O) groups is 1. The lowest BCUT2D eigenvalue weighted by molar-refractivity contribution is -0.124. The van der Waals surface area contributed by atoms with E-state index in [2.05, 4.69) is 11.8 Å². The topological polar surface area (TPSA) is 57.9 Å². The molecule has 0 N–H and O–H groups in total. The fourth-order valence-corrected chi connectivity index (χ4v) is 6.54. The van der Waals surface area contributed by atoms with Gasteiger partial charge in [-0.15, -0.1) is 0 Å². The third-order valence-electron chi connectivity index (χ3n) is 7.19. The number of piperidine rings is 1. The lowest BCUT2D eigenvalue weighted by atomic mass is 9.94. The molecule has 4 heterocycles. The molecule has 2 aromatic rings. The highest BCUT2D eigenvalue weighted by Crippen LogP contribution is 2.38. The number of aromatic nitrogens is 2. The Hall–Kier alpha value is -2.19. The number of nitrogens with zero attached hydrogens (tertiary/aromatic N) is 4. The number of anilines is 1. The van der Waals surface area contributed by atoms with Gasteiger partial charge in [0.1, 0.15) is 15.8 Å². The molecule has 3 aliphatic rings. The molecule has 1 saturated carbocycles. The second-order valence-electron chi connectivity index (χ2n) is 9.55. The number of hydrogen-bond acceptors (Lipinski definition) is 6. The number of thioether (sulfide) groups is 1. The van der Waals surface area contributed by atoms with E-state index in [9.17, 15) is 9.59 Å². The van der Waals surface area contributed by atoms with Gasteiger partial charge in [0.2, 0.25) is 0 Å². The number of amides is 1. The van der Waals surface area contributed by atoms with Gasteiger partial charge in [0.25, 0.3) is 11.5 Å². The maximum Gasteiger partial charge on any atom is 0.267 e. The standard InChI is InChI=1S/C25H30N4O2S2/c1-16-10-13-27(14-11-16)22-19(23(30)28-12-6-7-17(2)21(28)26-22)15-20-24(31)29(25(32)33-20)18-8-4-3-5-9-18/h6-7,12,15-16,18H,3-5,8-11,13-14H2,1-2H3/b20-15+. The van der Waals surface area contributed by atoms with Crippen LogP contribution in [0.2, 0.25) is 0 Å². The second kappa shape index (κ2) is 9.22. The summed E-state index contributed by atoms with van der Waals surface area (Å²) in [4.78, 5) is 36.5. The minimum Gasteiger partial charge on any atom is -0.356 e. The quantitative estimate of drug-likeness (QED) is 0.464. The number of thiocarbonyl (C=S) groups is 1. The van der Waals surface area contributed by atoms with Gasteiger partial charge in [-0.1, -0.05) is 56.2 Å². The molecule has 2 saturated heterocycles. The second-order valence-corrected chi connectivity index (χ2v) is 11.2. The summed E-state index contributed by atoms with van der Waals surface area (Å²) in [6.45, 7) is 5.96. The Morgan fingerprint density at radius 1 is 1.12 bits per heavy atom. The van der Waals surface area contributed by atoms with Gasteiger partial charge >= 0.3 is 0 Å². The van der Waals surface area contributed by atoms with Gasteiger partial charge in [-0.05, 0) is 56.2 Å². The number of fused-ring (bicyclic) bond motifs is 1. The zero-order valence-corrected chi connectivity index (χ0v) is 20.9. The van der Waals surface area contributed by atoms with Crippen LogP contribution in [0.1, 0.15) is 63.0 Å². The van der Waals surface area contributed by atoms with E-state index in [0.717, 1.165) is 57.2 Å². The normalized spacial score (nSPS) is 22.2. The van der Waals surface area contributed by atoms with Crippen molar-refractivity contribution in [2.24, 2.45) is 5.92 Å². The first kappa shape index (κ1) is 22.6. The number of hydrogen-bond donors (Lipinski definition) is 0. The van der Waals surface area contributed by atoms with Crippen molar-refractivity contribution in [3.63, 3.8) is 0 Å². The Morgan fingerprint density at radius 3 is 2.58 bits per heavy atom. The Bertz CT molecular complexity index is 1190. The largest absolute Gasteiger partial charge is 0.356 e. The van der Waals surface area contributed by atoms with Crippen LogP contribution in [-0.2, 0) is 4.79 Å². The molecule has 5 rings (SSSR count). The van der Waals surface area contributed by atoms with Crippen molar-refractivity contribution >= 4 is 51.7 Å². The van der Waals surface area contributed by atoms with Crippen LogP contribution in [0.25, 0.3) is 11.7 Å². The van der Waals surface area contributed by atoms with Crippen LogP contribution in [0, 0.1) is 12.8 Å². The van der Waals surface area contributed by atoms with Gasteiger partial charge in [0.15, 0.2) is 0 Å². The highest BCUT2D eigenvalue weighted by molar-refractivity contribution is 8.26. The highest BCUT2D eigenvalue weighted by atomic mass is 32.2. The van der Waals surface area contributed by atoms with Crippen LogP contribution >= 0.6 is 24.0 Å². The summed E-state index contributed by atoms with van der Waals surface area (Å²) >= 11 is 6.93. The lowest BCUT2D eigenvalue weighted by Gasteiger charge is -2.32. The molecule has 0 unspecified atom stereocenters. The Balaban J connectivity index is 1.59. The third kappa shape index (κ3) is 4.23. The van der Waals surface area contributed by atoms with Gasteiger partial charge in [-0.25, -0.2) is 4.98 Å². The predicted molar refractivity (Wildman–Crippen MR) is 139 cm³/mol. The Kier molecular flexibility index (Phi) is 6.31. The molecule has 0 radical (unpaired) electrons. The fraction of sp³-hybridized carbons (Fsp3) is 0.520. The van der Waals surface area contributed by atoms with E-state index in [1.54, 1.807) is 21.6 Å². The van der Waals surface area contributed by atoms with E-state index in [0.29, 0.717) is 32.2 Å². The first-order chi connectivity index (χ1) is 15.9. The minimum absolute atomic E-state index is 0.0659. The molecule has 0 atom stereocenters. The van der Waals surface area contributed by atoms with Crippen LogP contribution in [0.5, 0.6) is 0 Å². The van der Waals surface area contributed by atoms with Gasteiger partial charge < -0.3 is 4.90 Å².